The zero-order valence-corrected chi connectivity index (χ0v) is 10.9. The number of benzene rings is 1. The molecule has 0 saturated heterocycles. The topological polar surface area (TPSA) is 48.2 Å². The van der Waals surface area contributed by atoms with E-state index in [0.29, 0.717) is 5.89 Å². The van der Waals surface area contributed by atoms with Gasteiger partial charge in [0.25, 0.3) is 0 Å². The number of nitrogens with zero attached hydrogens (tertiary/aromatic N) is 2. The van der Waals surface area contributed by atoms with E-state index in [1.165, 1.54) is 0 Å². The van der Waals surface area contributed by atoms with Crippen LogP contribution in [0.5, 0.6) is 5.75 Å². The maximum absolute atomic E-state index is 5.80. The molecule has 0 unspecified atom stereocenters. The third kappa shape index (κ3) is 2.05. The van der Waals surface area contributed by atoms with Crippen LogP contribution < -0.4 is 4.74 Å². The van der Waals surface area contributed by atoms with Gasteiger partial charge in [-0.1, -0.05) is 6.92 Å². The summed E-state index contributed by atoms with van der Waals surface area (Å²) in [6, 6.07) is 7.54. The van der Waals surface area contributed by atoms with Gasteiger partial charge in [-0.25, -0.2) is 4.98 Å². The number of methoxy groups -OCH3 is 1. The van der Waals surface area contributed by atoms with Crippen LogP contribution in [0.15, 0.2) is 41.1 Å². The van der Waals surface area contributed by atoms with Crippen molar-refractivity contribution in [2.45, 2.75) is 13.3 Å². The number of fused-ring (bicyclic) bond motifs is 1. The highest BCUT2D eigenvalue weighted by atomic mass is 16.5. The van der Waals surface area contributed by atoms with Crippen LogP contribution in [0, 0.1) is 0 Å². The highest BCUT2D eigenvalue weighted by Crippen LogP contribution is 2.28. The lowest BCUT2D eigenvalue weighted by molar-refractivity contribution is 0.415. The Morgan fingerprint density at radius 1 is 1.26 bits per heavy atom. The van der Waals surface area contributed by atoms with Crippen molar-refractivity contribution < 1.29 is 9.15 Å². The molecule has 96 valence electrons. The summed E-state index contributed by atoms with van der Waals surface area (Å²) in [6.45, 7) is 2.09. The first kappa shape index (κ1) is 11.7. The molecule has 0 atom stereocenters. The number of rotatable bonds is 3. The molecule has 3 aromatic rings. The first-order valence-corrected chi connectivity index (χ1v) is 6.19. The monoisotopic (exact) mass is 254 g/mol. The normalized spacial score (nSPS) is 10.8. The number of aromatic nitrogens is 2. The molecule has 19 heavy (non-hydrogen) atoms. The lowest BCUT2D eigenvalue weighted by Gasteiger charge is -2.01. The quantitative estimate of drug-likeness (QED) is 0.718. The van der Waals surface area contributed by atoms with Gasteiger partial charge < -0.3 is 9.15 Å². The maximum atomic E-state index is 5.80. The molecule has 0 aliphatic heterocycles. The molecule has 0 saturated carbocycles. The Kier molecular flexibility index (Phi) is 2.91. The second-order valence-corrected chi connectivity index (χ2v) is 4.24. The highest BCUT2D eigenvalue weighted by molar-refractivity contribution is 5.78. The van der Waals surface area contributed by atoms with Crippen LogP contribution >= 0.6 is 0 Å². The number of pyridine rings is 1. The van der Waals surface area contributed by atoms with Gasteiger partial charge in [-0.15, -0.1) is 0 Å². The molecule has 0 fully saturated rings. The molecule has 0 bridgehead atoms. The van der Waals surface area contributed by atoms with Gasteiger partial charge in [0.15, 0.2) is 5.58 Å². The van der Waals surface area contributed by atoms with Crippen LogP contribution in [0.4, 0.5) is 0 Å². The van der Waals surface area contributed by atoms with E-state index in [-0.39, 0.29) is 0 Å². The van der Waals surface area contributed by atoms with Crippen LogP contribution in [-0.4, -0.2) is 17.1 Å². The van der Waals surface area contributed by atoms with Crippen molar-refractivity contribution in [2.24, 2.45) is 0 Å². The average Bonchev–Trinajstić information content (AvgIpc) is 2.89. The second-order valence-electron chi connectivity index (χ2n) is 4.24. The molecule has 2 aromatic heterocycles. The van der Waals surface area contributed by atoms with E-state index in [2.05, 4.69) is 16.9 Å². The van der Waals surface area contributed by atoms with Gasteiger partial charge in [-0.2, -0.15) is 0 Å². The van der Waals surface area contributed by atoms with E-state index in [4.69, 9.17) is 9.15 Å². The Morgan fingerprint density at radius 2 is 2.16 bits per heavy atom. The average molecular weight is 254 g/mol. The van der Waals surface area contributed by atoms with Gasteiger partial charge in [0.05, 0.1) is 7.11 Å². The van der Waals surface area contributed by atoms with E-state index in [9.17, 15) is 0 Å². The summed E-state index contributed by atoms with van der Waals surface area (Å²) in [6.07, 6.45) is 4.50. The zero-order valence-electron chi connectivity index (χ0n) is 10.9. The smallest absolute Gasteiger partial charge is 0.227 e. The third-order valence-corrected chi connectivity index (χ3v) is 3.11. The van der Waals surface area contributed by atoms with Crippen LogP contribution in [-0.2, 0) is 6.42 Å². The number of oxazole rings is 1. The Bertz CT molecular complexity index is 719. The first-order chi connectivity index (χ1) is 9.31. The van der Waals surface area contributed by atoms with Gasteiger partial charge in [-0.05, 0) is 30.2 Å². The predicted molar refractivity (Wildman–Crippen MR) is 73.2 cm³/mol. The first-order valence-electron chi connectivity index (χ1n) is 6.19. The lowest BCUT2D eigenvalue weighted by atomic mass is 10.1. The van der Waals surface area contributed by atoms with Crippen molar-refractivity contribution in [3.8, 4) is 17.2 Å². The summed E-state index contributed by atoms with van der Waals surface area (Å²) >= 11 is 0. The van der Waals surface area contributed by atoms with E-state index in [0.717, 1.165) is 34.4 Å². The van der Waals surface area contributed by atoms with E-state index >= 15 is 0 Å². The van der Waals surface area contributed by atoms with Crippen molar-refractivity contribution in [1.82, 2.24) is 9.97 Å². The summed E-state index contributed by atoms with van der Waals surface area (Å²) in [4.78, 5) is 8.66. The fraction of sp³-hybridized carbons (Fsp3) is 0.200. The van der Waals surface area contributed by atoms with E-state index < -0.39 is 0 Å². The molecular weight excluding hydrogens is 240 g/mol. The maximum Gasteiger partial charge on any atom is 0.227 e. The summed E-state index contributed by atoms with van der Waals surface area (Å²) < 4.78 is 11.0. The number of ether oxygens (including phenoxy) is 1. The Balaban J connectivity index is 2.15. The van der Waals surface area contributed by atoms with Gasteiger partial charge in [-0.3, -0.25) is 4.98 Å². The zero-order chi connectivity index (χ0) is 13.2. The fourth-order valence-electron chi connectivity index (χ4n) is 2.07. The standard InChI is InChI=1S/C15H14N2O2/c1-3-10-9-16-7-6-12(10)15-17-13-8-11(18-2)4-5-14(13)19-15/h4-9H,3H2,1-2H3. The van der Waals surface area contributed by atoms with Gasteiger partial charge in [0.2, 0.25) is 5.89 Å². The van der Waals surface area contributed by atoms with Crippen molar-refractivity contribution in [1.29, 1.82) is 0 Å². The molecule has 4 heteroatoms. The molecule has 0 aliphatic carbocycles. The van der Waals surface area contributed by atoms with Gasteiger partial charge in [0.1, 0.15) is 11.3 Å². The lowest BCUT2D eigenvalue weighted by Crippen LogP contribution is -1.88. The summed E-state index contributed by atoms with van der Waals surface area (Å²) in [5, 5.41) is 0. The number of hydrogen-bond donors (Lipinski definition) is 0. The van der Waals surface area contributed by atoms with Crippen LogP contribution in [0.25, 0.3) is 22.6 Å². The minimum absolute atomic E-state index is 0.627. The van der Waals surface area contributed by atoms with E-state index in [1.54, 1.807) is 13.3 Å². The van der Waals surface area contributed by atoms with Crippen LogP contribution in [0.1, 0.15) is 12.5 Å². The van der Waals surface area contributed by atoms with Crippen molar-refractivity contribution in [3.63, 3.8) is 0 Å². The van der Waals surface area contributed by atoms with Gasteiger partial charge in [0, 0.05) is 24.0 Å². The van der Waals surface area contributed by atoms with E-state index in [1.807, 2.05) is 30.5 Å². The molecule has 0 amide bonds. The molecule has 1 aromatic carbocycles. The molecule has 0 aliphatic rings. The van der Waals surface area contributed by atoms with Gasteiger partial charge >= 0.3 is 0 Å². The van der Waals surface area contributed by atoms with Crippen molar-refractivity contribution in [2.75, 3.05) is 7.11 Å². The SMILES string of the molecule is CCc1cnccc1-c1nc2cc(OC)ccc2o1. The molecule has 2 heterocycles. The second kappa shape index (κ2) is 4.72. The predicted octanol–water partition coefficient (Wildman–Crippen LogP) is 3.46. The third-order valence-electron chi connectivity index (χ3n) is 3.11. The molecular formula is C15H14N2O2. The summed E-state index contributed by atoms with van der Waals surface area (Å²) in [5.41, 5.74) is 3.68. The Morgan fingerprint density at radius 3 is 2.95 bits per heavy atom. The summed E-state index contributed by atoms with van der Waals surface area (Å²) in [5.74, 6) is 1.40. The summed E-state index contributed by atoms with van der Waals surface area (Å²) in [7, 11) is 1.64. The van der Waals surface area contributed by atoms with Crippen LogP contribution in [0.2, 0.25) is 0 Å². The number of hydrogen-bond acceptors (Lipinski definition) is 4. The fourth-order valence-corrected chi connectivity index (χ4v) is 2.07. The molecule has 4 nitrogen and oxygen atoms in total. The molecule has 3 rings (SSSR count). The van der Waals surface area contributed by atoms with Crippen LogP contribution in [0.3, 0.4) is 0 Å². The minimum Gasteiger partial charge on any atom is -0.497 e. The minimum atomic E-state index is 0.627. The molecule has 0 spiro atoms. The Labute approximate surface area is 111 Å². The van der Waals surface area contributed by atoms with Crippen molar-refractivity contribution in [3.05, 3.63) is 42.2 Å². The number of aryl methyl sites for hydroxylation is 1. The molecule has 0 radical (unpaired) electrons. The highest BCUT2D eigenvalue weighted by Gasteiger charge is 2.11. The Hall–Kier alpha value is -2.36. The molecule has 0 N–H and O–H groups in total. The largest absolute Gasteiger partial charge is 0.497 e. The van der Waals surface area contributed by atoms with Crippen molar-refractivity contribution >= 4 is 11.1 Å².